The van der Waals surface area contributed by atoms with E-state index in [1.54, 1.807) is 13.4 Å². The summed E-state index contributed by atoms with van der Waals surface area (Å²) in [6, 6.07) is 8.11. The van der Waals surface area contributed by atoms with Crippen LogP contribution in [-0.2, 0) is 6.54 Å². The van der Waals surface area contributed by atoms with Crippen molar-refractivity contribution in [1.29, 1.82) is 0 Å². The van der Waals surface area contributed by atoms with E-state index in [9.17, 15) is 0 Å². The summed E-state index contributed by atoms with van der Waals surface area (Å²) in [6.45, 7) is 5.37. The van der Waals surface area contributed by atoms with Crippen LogP contribution in [0.2, 0.25) is 0 Å². The zero-order valence-electron chi connectivity index (χ0n) is 14.8. The summed E-state index contributed by atoms with van der Waals surface area (Å²) in [7, 11) is 1.65. The minimum Gasteiger partial charge on any atom is -0.481 e. The fourth-order valence-corrected chi connectivity index (χ4v) is 4.24. The molecular formula is C19H25N5O. The summed E-state index contributed by atoms with van der Waals surface area (Å²) in [5, 5.41) is 0. The van der Waals surface area contributed by atoms with Crippen molar-refractivity contribution in [1.82, 2.24) is 19.9 Å². The molecule has 0 N–H and O–H groups in total. The highest BCUT2D eigenvalue weighted by atomic mass is 16.5. The van der Waals surface area contributed by atoms with Gasteiger partial charge in [0.15, 0.2) is 0 Å². The molecular weight excluding hydrogens is 314 g/mol. The van der Waals surface area contributed by atoms with Crippen molar-refractivity contribution in [2.24, 2.45) is 5.41 Å². The lowest BCUT2D eigenvalue weighted by Crippen LogP contribution is -2.44. The predicted molar refractivity (Wildman–Crippen MR) is 96.6 cm³/mol. The Bertz CT molecular complexity index is 710. The normalized spacial score (nSPS) is 24.0. The second-order valence-corrected chi connectivity index (χ2v) is 7.23. The van der Waals surface area contributed by atoms with Gasteiger partial charge in [0.1, 0.15) is 12.1 Å². The highest BCUT2D eigenvalue weighted by molar-refractivity contribution is 5.42. The molecule has 6 heteroatoms. The van der Waals surface area contributed by atoms with E-state index < -0.39 is 0 Å². The van der Waals surface area contributed by atoms with Crippen LogP contribution in [0.25, 0.3) is 0 Å². The maximum atomic E-state index is 5.24. The zero-order valence-corrected chi connectivity index (χ0v) is 14.8. The monoisotopic (exact) mass is 339 g/mol. The SMILES string of the molecule is COc1cc(N2CCC3(CCCN(Cc4ccccn4)C3)C2)ncn1. The first kappa shape index (κ1) is 16.3. The molecule has 2 aliphatic rings. The number of anilines is 1. The van der Waals surface area contributed by atoms with Crippen LogP contribution in [0, 0.1) is 5.41 Å². The molecule has 25 heavy (non-hydrogen) atoms. The van der Waals surface area contributed by atoms with E-state index in [1.165, 1.54) is 25.8 Å². The summed E-state index contributed by atoms with van der Waals surface area (Å²) < 4.78 is 5.24. The fraction of sp³-hybridized carbons (Fsp3) is 0.526. The molecule has 0 radical (unpaired) electrons. The van der Waals surface area contributed by atoms with E-state index in [0.29, 0.717) is 11.3 Å². The fourth-order valence-electron chi connectivity index (χ4n) is 4.24. The average molecular weight is 339 g/mol. The van der Waals surface area contributed by atoms with Gasteiger partial charge in [-0.3, -0.25) is 9.88 Å². The van der Waals surface area contributed by atoms with Gasteiger partial charge in [-0.2, -0.15) is 0 Å². The molecule has 2 aromatic rings. The van der Waals surface area contributed by atoms with E-state index in [2.05, 4.69) is 36.9 Å². The molecule has 1 atom stereocenters. The summed E-state index contributed by atoms with van der Waals surface area (Å²) in [5.41, 5.74) is 1.53. The first-order valence-corrected chi connectivity index (χ1v) is 9.00. The van der Waals surface area contributed by atoms with Gasteiger partial charge in [0.05, 0.1) is 12.8 Å². The first-order valence-electron chi connectivity index (χ1n) is 9.00. The number of likely N-dealkylation sites (tertiary alicyclic amines) is 1. The highest BCUT2D eigenvalue weighted by Crippen LogP contribution is 2.40. The predicted octanol–water partition coefficient (Wildman–Crippen LogP) is 2.37. The third-order valence-electron chi connectivity index (χ3n) is 5.45. The molecule has 4 heterocycles. The molecule has 0 bridgehead atoms. The molecule has 0 aliphatic carbocycles. The first-order chi connectivity index (χ1) is 12.3. The molecule has 4 rings (SSSR count). The molecule has 2 aliphatic heterocycles. The van der Waals surface area contributed by atoms with Gasteiger partial charge in [-0.1, -0.05) is 6.07 Å². The third kappa shape index (κ3) is 3.58. The minimum atomic E-state index is 0.366. The summed E-state index contributed by atoms with van der Waals surface area (Å²) in [4.78, 5) is 18.0. The van der Waals surface area contributed by atoms with E-state index >= 15 is 0 Å². The van der Waals surface area contributed by atoms with Crippen LogP contribution in [0.1, 0.15) is 25.0 Å². The van der Waals surface area contributed by atoms with Crippen LogP contribution in [0.5, 0.6) is 5.88 Å². The van der Waals surface area contributed by atoms with E-state index in [0.717, 1.165) is 37.7 Å². The van der Waals surface area contributed by atoms with Gasteiger partial charge in [-0.25, -0.2) is 9.97 Å². The summed E-state index contributed by atoms with van der Waals surface area (Å²) in [5.74, 6) is 1.61. The molecule has 2 fully saturated rings. The molecule has 2 saturated heterocycles. The van der Waals surface area contributed by atoms with Crippen LogP contribution in [0.15, 0.2) is 36.8 Å². The molecule has 132 valence electrons. The Labute approximate surface area is 148 Å². The van der Waals surface area contributed by atoms with Crippen LogP contribution < -0.4 is 9.64 Å². The standard InChI is InChI=1S/C19H25N5O/c1-25-18-11-17(21-15-22-18)24-10-7-19(14-24)6-4-9-23(13-19)12-16-5-2-3-8-20-16/h2-3,5,8,11,15H,4,6-7,9-10,12-14H2,1H3. The van der Waals surface area contributed by atoms with Crippen molar-refractivity contribution >= 4 is 5.82 Å². The molecule has 2 aromatic heterocycles. The van der Waals surface area contributed by atoms with Crippen LogP contribution in [-0.4, -0.2) is 53.1 Å². The maximum Gasteiger partial charge on any atom is 0.218 e. The number of hydrogen-bond donors (Lipinski definition) is 0. The number of hydrogen-bond acceptors (Lipinski definition) is 6. The van der Waals surface area contributed by atoms with Crippen LogP contribution in [0.4, 0.5) is 5.82 Å². The summed E-state index contributed by atoms with van der Waals surface area (Å²) >= 11 is 0. The maximum absolute atomic E-state index is 5.24. The van der Waals surface area contributed by atoms with Crippen molar-refractivity contribution in [3.05, 3.63) is 42.5 Å². The second-order valence-electron chi connectivity index (χ2n) is 7.23. The van der Waals surface area contributed by atoms with Crippen molar-refractivity contribution in [2.75, 3.05) is 38.2 Å². The van der Waals surface area contributed by atoms with E-state index in [4.69, 9.17) is 4.74 Å². The highest BCUT2D eigenvalue weighted by Gasteiger charge is 2.41. The van der Waals surface area contributed by atoms with Gasteiger partial charge < -0.3 is 9.64 Å². The lowest BCUT2D eigenvalue weighted by Gasteiger charge is -2.40. The van der Waals surface area contributed by atoms with E-state index in [-0.39, 0.29) is 0 Å². The van der Waals surface area contributed by atoms with Gasteiger partial charge in [0.25, 0.3) is 0 Å². The molecule has 0 saturated carbocycles. The van der Waals surface area contributed by atoms with Crippen molar-refractivity contribution in [2.45, 2.75) is 25.8 Å². The molecule has 1 spiro atoms. The molecule has 6 nitrogen and oxygen atoms in total. The number of methoxy groups -OCH3 is 1. The van der Waals surface area contributed by atoms with Crippen molar-refractivity contribution in [3.8, 4) is 5.88 Å². The number of rotatable bonds is 4. The molecule has 0 amide bonds. The second kappa shape index (κ2) is 6.96. The van der Waals surface area contributed by atoms with Crippen LogP contribution >= 0.6 is 0 Å². The Hall–Kier alpha value is -2.21. The quantitative estimate of drug-likeness (QED) is 0.852. The van der Waals surface area contributed by atoms with Crippen molar-refractivity contribution < 1.29 is 4.74 Å². The lowest BCUT2D eigenvalue weighted by atomic mass is 9.79. The largest absolute Gasteiger partial charge is 0.481 e. The topological polar surface area (TPSA) is 54.4 Å². The Morgan fingerprint density at radius 2 is 2.08 bits per heavy atom. The third-order valence-corrected chi connectivity index (χ3v) is 5.45. The van der Waals surface area contributed by atoms with Gasteiger partial charge >= 0.3 is 0 Å². The van der Waals surface area contributed by atoms with Gasteiger partial charge in [0.2, 0.25) is 5.88 Å². The number of nitrogens with zero attached hydrogens (tertiary/aromatic N) is 5. The van der Waals surface area contributed by atoms with E-state index in [1.807, 2.05) is 18.3 Å². The average Bonchev–Trinajstić information content (AvgIpc) is 3.06. The van der Waals surface area contributed by atoms with Crippen molar-refractivity contribution in [3.63, 3.8) is 0 Å². The van der Waals surface area contributed by atoms with Gasteiger partial charge in [-0.05, 0) is 37.9 Å². The Morgan fingerprint density at radius 3 is 2.92 bits per heavy atom. The molecule has 1 unspecified atom stereocenters. The van der Waals surface area contributed by atoms with Gasteiger partial charge in [0, 0.05) is 43.9 Å². The number of aromatic nitrogens is 3. The van der Waals surface area contributed by atoms with Crippen LogP contribution in [0.3, 0.4) is 0 Å². The van der Waals surface area contributed by atoms with Gasteiger partial charge in [-0.15, -0.1) is 0 Å². The minimum absolute atomic E-state index is 0.366. The Morgan fingerprint density at radius 1 is 1.12 bits per heavy atom. The zero-order chi connectivity index (χ0) is 17.1. The Balaban J connectivity index is 1.43. The molecule has 0 aromatic carbocycles. The Kier molecular flexibility index (Phi) is 4.53. The number of pyridine rings is 1. The summed E-state index contributed by atoms with van der Waals surface area (Å²) in [6.07, 6.45) is 7.25. The number of piperidine rings is 1. The lowest BCUT2D eigenvalue weighted by molar-refractivity contribution is 0.0981. The smallest absolute Gasteiger partial charge is 0.218 e. The number of ether oxygens (including phenoxy) is 1.